The van der Waals surface area contributed by atoms with Gasteiger partial charge in [-0.2, -0.15) is 4.40 Å². The van der Waals surface area contributed by atoms with Gasteiger partial charge in [-0.15, -0.1) is 0 Å². The number of hydrogen-bond donors (Lipinski definition) is 0. The maximum atomic E-state index is 5.64. The second-order valence-corrected chi connectivity index (χ2v) is 8.64. The van der Waals surface area contributed by atoms with E-state index in [1.54, 1.807) is 42.7 Å². The molecule has 0 bridgehead atoms. The largest absolute Gasteiger partial charge is 0.493 e. The van der Waals surface area contributed by atoms with Crippen LogP contribution < -0.4 is 32.8 Å². The lowest BCUT2D eigenvalue weighted by molar-refractivity contribution is -0.511. The Kier molecular flexibility index (Phi) is 6.83. The van der Waals surface area contributed by atoms with Crippen molar-refractivity contribution in [3.8, 4) is 34.5 Å². The van der Waals surface area contributed by atoms with E-state index in [-0.39, 0.29) is 0 Å². The van der Waals surface area contributed by atoms with Gasteiger partial charge in [0.2, 0.25) is 11.2 Å². The summed E-state index contributed by atoms with van der Waals surface area (Å²) in [5.74, 6) is 4.03. The lowest BCUT2D eigenvalue weighted by Crippen LogP contribution is -2.26. The minimum atomic E-state index is 0.660. The van der Waals surface area contributed by atoms with E-state index in [2.05, 4.69) is 34.9 Å². The quantitative estimate of drug-likeness (QED) is 0.145. The van der Waals surface area contributed by atoms with Crippen LogP contribution >= 0.6 is 0 Å². The molecule has 2 heterocycles. The fraction of sp³-hybridized carbons (Fsp3) is 0.194. The first-order chi connectivity index (χ1) is 18.5. The van der Waals surface area contributed by atoms with Crippen molar-refractivity contribution in [1.29, 1.82) is 0 Å². The topological polar surface area (TPSA) is 59.5 Å². The fourth-order valence-electron chi connectivity index (χ4n) is 4.79. The predicted molar refractivity (Wildman–Crippen MR) is 149 cm³/mol. The molecule has 0 amide bonds. The molecular weight excluding hydrogens is 482 g/mol. The number of ether oxygens (including phenoxy) is 6. The molecule has 0 saturated carbocycles. The van der Waals surface area contributed by atoms with Gasteiger partial charge in [-0.05, 0) is 58.8 Å². The zero-order chi connectivity index (χ0) is 26.8. The van der Waals surface area contributed by atoms with Gasteiger partial charge in [0.25, 0.3) is 0 Å². The smallest absolute Gasteiger partial charge is 0.219 e. The molecule has 3 aromatic carbocycles. The molecule has 0 aliphatic rings. The first-order valence-corrected chi connectivity index (χ1v) is 12.0. The Morgan fingerprint density at radius 3 is 1.68 bits per heavy atom. The molecule has 38 heavy (non-hydrogen) atoms. The average Bonchev–Trinajstić information content (AvgIpc) is 2.97. The highest BCUT2D eigenvalue weighted by Gasteiger charge is 2.20. The number of pyridine rings is 2. The molecule has 194 valence electrons. The van der Waals surface area contributed by atoms with Crippen LogP contribution in [0.15, 0.2) is 60.8 Å². The molecule has 0 aliphatic heterocycles. The van der Waals surface area contributed by atoms with Crippen molar-refractivity contribution in [1.82, 2.24) is 0 Å². The van der Waals surface area contributed by atoms with Crippen molar-refractivity contribution < 1.29 is 32.8 Å². The van der Waals surface area contributed by atoms with E-state index >= 15 is 0 Å². The average molecular weight is 513 g/mol. The van der Waals surface area contributed by atoms with Crippen molar-refractivity contribution in [3.63, 3.8) is 0 Å². The van der Waals surface area contributed by atoms with E-state index in [1.165, 1.54) is 0 Å². The summed E-state index contributed by atoms with van der Waals surface area (Å²) >= 11 is 0. The van der Waals surface area contributed by atoms with Gasteiger partial charge in [0.05, 0.1) is 53.4 Å². The number of fused-ring (bicyclic) bond motifs is 4. The number of benzene rings is 3. The van der Waals surface area contributed by atoms with Crippen molar-refractivity contribution in [2.24, 2.45) is 0 Å². The summed E-state index contributed by atoms with van der Waals surface area (Å²) in [5, 5.41) is 4.09. The van der Waals surface area contributed by atoms with E-state index in [1.807, 2.05) is 42.5 Å². The second-order valence-electron chi connectivity index (χ2n) is 8.64. The van der Waals surface area contributed by atoms with E-state index in [0.717, 1.165) is 38.3 Å². The third-order valence-electron chi connectivity index (χ3n) is 6.72. The van der Waals surface area contributed by atoms with Gasteiger partial charge >= 0.3 is 0 Å². The monoisotopic (exact) mass is 512 g/mol. The summed E-state index contributed by atoms with van der Waals surface area (Å²) in [6, 6.07) is 18.1. The Hall–Kier alpha value is -4.65. The third-order valence-corrected chi connectivity index (χ3v) is 6.72. The number of rotatable bonds is 8. The van der Waals surface area contributed by atoms with E-state index in [4.69, 9.17) is 28.4 Å². The standard InChI is InChI=1S/C31H30NO6/c1-33-26-10-8-19(13-27(26)34-2)7-9-24-23-18-31(38-6)29(36-4)16-21(23)14-25-22-17-30(37-5)28(35-3)15-20(22)11-12-32(24)25/h7-18H,1-6H3/q+1. The Balaban J connectivity index is 1.82. The molecule has 7 nitrogen and oxygen atoms in total. The van der Waals surface area contributed by atoms with E-state index < -0.39 is 0 Å². The van der Waals surface area contributed by atoms with E-state index in [0.29, 0.717) is 34.5 Å². The highest BCUT2D eigenvalue weighted by Crippen LogP contribution is 2.37. The van der Waals surface area contributed by atoms with Gasteiger partial charge < -0.3 is 28.4 Å². The summed E-state index contributed by atoms with van der Waals surface area (Å²) in [5.41, 5.74) is 2.96. The van der Waals surface area contributed by atoms with Gasteiger partial charge in [-0.3, -0.25) is 0 Å². The first-order valence-electron chi connectivity index (χ1n) is 12.0. The summed E-state index contributed by atoms with van der Waals surface area (Å²) in [7, 11) is 9.83. The number of nitrogens with zero attached hydrogens (tertiary/aromatic N) is 1. The van der Waals surface area contributed by atoms with Crippen LogP contribution in [0.2, 0.25) is 0 Å². The van der Waals surface area contributed by atoms with Crippen LogP contribution in [-0.4, -0.2) is 42.7 Å². The molecule has 5 rings (SSSR count). The summed E-state index contributed by atoms with van der Waals surface area (Å²) in [6.45, 7) is 0. The second kappa shape index (κ2) is 10.4. The molecule has 0 N–H and O–H groups in total. The van der Waals surface area contributed by atoms with Gasteiger partial charge in [-0.1, -0.05) is 6.07 Å². The number of hydrogen-bond acceptors (Lipinski definition) is 6. The fourth-order valence-corrected chi connectivity index (χ4v) is 4.79. The summed E-state index contributed by atoms with van der Waals surface area (Å²) in [4.78, 5) is 0. The molecule has 0 saturated heterocycles. The van der Waals surface area contributed by atoms with Crippen LogP contribution in [0, 0.1) is 0 Å². The zero-order valence-electron chi connectivity index (χ0n) is 22.3. The molecule has 5 aromatic rings. The van der Waals surface area contributed by atoms with Crippen LogP contribution in [0.25, 0.3) is 39.2 Å². The van der Waals surface area contributed by atoms with Crippen molar-refractivity contribution in [2.45, 2.75) is 0 Å². The highest BCUT2D eigenvalue weighted by atomic mass is 16.5. The molecule has 0 aliphatic carbocycles. The Morgan fingerprint density at radius 2 is 1.05 bits per heavy atom. The Morgan fingerprint density at radius 1 is 0.500 bits per heavy atom. The lowest BCUT2D eigenvalue weighted by Gasteiger charge is -2.12. The molecule has 0 atom stereocenters. The lowest BCUT2D eigenvalue weighted by atomic mass is 10.0. The van der Waals surface area contributed by atoms with Crippen LogP contribution in [0.5, 0.6) is 34.5 Å². The molecule has 0 unspecified atom stereocenters. The van der Waals surface area contributed by atoms with Crippen molar-refractivity contribution in [2.75, 3.05) is 42.7 Å². The van der Waals surface area contributed by atoms with Crippen LogP contribution in [0.1, 0.15) is 11.3 Å². The minimum absolute atomic E-state index is 0.660. The van der Waals surface area contributed by atoms with E-state index in [9.17, 15) is 0 Å². The number of aromatic nitrogens is 1. The predicted octanol–water partition coefficient (Wildman–Crippen LogP) is 5.95. The van der Waals surface area contributed by atoms with Crippen molar-refractivity contribution in [3.05, 3.63) is 72.1 Å². The van der Waals surface area contributed by atoms with Gasteiger partial charge in [0.15, 0.2) is 40.7 Å². The van der Waals surface area contributed by atoms with Gasteiger partial charge in [0, 0.05) is 18.2 Å². The maximum Gasteiger partial charge on any atom is 0.219 e. The van der Waals surface area contributed by atoms with Crippen LogP contribution in [-0.2, 0) is 0 Å². The SMILES string of the molecule is COc1ccc(C=Cc2c3cc(OC)c(OC)cc3cc3c4cc(OC)c(OC)cc4cc[n+]23)cc1OC. The van der Waals surface area contributed by atoms with Crippen molar-refractivity contribution >= 4 is 39.2 Å². The number of methoxy groups -OCH3 is 6. The highest BCUT2D eigenvalue weighted by molar-refractivity contribution is 6.01. The van der Waals surface area contributed by atoms with Crippen LogP contribution in [0.3, 0.4) is 0 Å². The normalized spacial score (nSPS) is 11.3. The molecule has 0 spiro atoms. The first kappa shape index (κ1) is 25.0. The third kappa shape index (κ3) is 4.26. The summed E-state index contributed by atoms with van der Waals surface area (Å²) in [6.07, 6.45) is 6.21. The summed E-state index contributed by atoms with van der Waals surface area (Å²) < 4.78 is 35.5. The molecular formula is C31H30NO6+. The van der Waals surface area contributed by atoms with Crippen LogP contribution in [0.4, 0.5) is 0 Å². The molecule has 2 aromatic heterocycles. The Labute approximate surface area is 221 Å². The van der Waals surface area contributed by atoms with Gasteiger partial charge in [0.1, 0.15) is 0 Å². The zero-order valence-corrected chi connectivity index (χ0v) is 22.3. The molecule has 7 heteroatoms. The Bertz CT molecular complexity index is 1690. The molecule has 0 fully saturated rings. The molecule has 0 radical (unpaired) electrons. The maximum absolute atomic E-state index is 5.64. The minimum Gasteiger partial charge on any atom is -0.493 e. The van der Waals surface area contributed by atoms with Gasteiger partial charge in [-0.25, -0.2) is 0 Å².